The van der Waals surface area contributed by atoms with E-state index >= 15 is 0 Å². The highest BCUT2D eigenvalue weighted by atomic mass is 32.2. The molecule has 1 aliphatic heterocycles. The van der Waals surface area contributed by atoms with E-state index in [0.717, 1.165) is 49.8 Å². The summed E-state index contributed by atoms with van der Waals surface area (Å²) in [5, 5.41) is 9.13. The second-order valence-corrected chi connectivity index (χ2v) is 11.7. The minimum Gasteiger partial charge on any atom is -0.335 e. The molecule has 3 fully saturated rings. The van der Waals surface area contributed by atoms with Gasteiger partial charge in [-0.3, -0.25) is 9.47 Å². The molecule has 170 valence electrons. The van der Waals surface area contributed by atoms with E-state index in [2.05, 4.69) is 50.1 Å². The molecular weight excluding hydrogens is 400 g/mol. The number of likely N-dealkylation sites (N-methyl/N-ethyl adjacent to an activating group) is 1. The van der Waals surface area contributed by atoms with E-state index in [4.69, 9.17) is 0 Å². The molecule has 0 radical (unpaired) electrons. The average molecular weight is 439 g/mol. The van der Waals surface area contributed by atoms with Crippen LogP contribution in [-0.4, -0.2) is 66.1 Å². The van der Waals surface area contributed by atoms with Gasteiger partial charge in [-0.15, -0.1) is 10.2 Å². The van der Waals surface area contributed by atoms with Gasteiger partial charge in [0, 0.05) is 31.7 Å². The summed E-state index contributed by atoms with van der Waals surface area (Å²) < 4.78 is 28.7. The lowest BCUT2D eigenvalue weighted by atomic mass is 9.89. The zero-order valence-corrected chi connectivity index (χ0v) is 19.9. The van der Waals surface area contributed by atoms with Crippen LogP contribution in [0.2, 0.25) is 0 Å². The van der Waals surface area contributed by atoms with Crippen molar-refractivity contribution in [2.75, 3.05) is 30.8 Å². The van der Waals surface area contributed by atoms with Crippen LogP contribution in [-0.2, 0) is 16.6 Å². The third-order valence-electron chi connectivity index (χ3n) is 7.62. The van der Waals surface area contributed by atoms with Crippen molar-refractivity contribution in [3.63, 3.8) is 0 Å². The van der Waals surface area contributed by atoms with E-state index in [1.807, 2.05) is 6.92 Å². The molecule has 6 unspecified atom stereocenters. The van der Waals surface area contributed by atoms with E-state index in [-0.39, 0.29) is 0 Å². The number of rotatable bonds is 7. The quantitative estimate of drug-likeness (QED) is 0.703. The number of piperazine rings is 1. The molecule has 2 aliphatic carbocycles. The molecule has 2 heterocycles. The zero-order valence-electron chi connectivity index (χ0n) is 19.1. The molecule has 3 aliphatic rings. The summed E-state index contributed by atoms with van der Waals surface area (Å²) >= 11 is 0. The van der Waals surface area contributed by atoms with Gasteiger partial charge >= 0.3 is 0 Å². The number of aromatic nitrogens is 3. The van der Waals surface area contributed by atoms with Gasteiger partial charge in [-0.1, -0.05) is 13.3 Å². The molecular formula is C21H38N6O2S. The Morgan fingerprint density at radius 2 is 1.90 bits per heavy atom. The number of anilines is 1. The molecule has 2 saturated carbocycles. The fraction of sp³-hybridized carbons (Fsp3) is 0.905. The van der Waals surface area contributed by atoms with Gasteiger partial charge in [0.25, 0.3) is 0 Å². The van der Waals surface area contributed by atoms with Crippen molar-refractivity contribution in [3.05, 3.63) is 5.82 Å². The highest BCUT2D eigenvalue weighted by Crippen LogP contribution is 2.49. The lowest BCUT2D eigenvalue weighted by molar-refractivity contribution is 0.172. The maximum absolute atomic E-state index is 11.9. The van der Waals surface area contributed by atoms with E-state index < -0.39 is 16.1 Å². The summed E-state index contributed by atoms with van der Waals surface area (Å²) in [6.07, 6.45) is 6.56. The fourth-order valence-electron chi connectivity index (χ4n) is 6.14. The summed E-state index contributed by atoms with van der Waals surface area (Å²) in [5.74, 6) is 3.96. The van der Waals surface area contributed by atoms with E-state index in [0.29, 0.717) is 18.0 Å². The monoisotopic (exact) mass is 438 g/mol. The van der Waals surface area contributed by atoms with Crippen molar-refractivity contribution in [3.8, 4) is 0 Å². The van der Waals surface area contributed by atoms with Gasteiger partial charge in [0.1, 0.15) is 0 Å². The average Bonchev–Trinajstić information content (AvgIpc) is 3.37. The first-order valence-corrected chi connectivity index (χ1v) is 13.5. The summed E-state index contributed by atoms with van der Waals surface area (Å²) in [6, 6.07) is 0.397. The predicted molar refractivity (Wildman–Crippen MR) is 119 cm³/mol. The van der Waals surface area contributed by atoms with Crippen molar-refractivity contribution in [1.82, 2.24) is 24.4 Å². The molecule has 4 rings (SSSR count). The minimum absolute atomic E-state index is 0.343. The Labute approximate surface area is 181 Å². The molecule has 2 bridgehead atoms. The van der Waals surface area contributed by atoms with Crippen LogP contribution in [0.4, 0.5) is 5.95 Å². The SMILES string of the molecule is CCN1CC(C)N(c2nnc(C(C)NS(C)(=O)=O)n2CC2CC3CCC2C3)CC1C. The highest BCUT2D eigenvalue weighted by molar-refractivity contribution is 7.88. The highest BCUT2D eigenvalue weighted by Gasteiger charge is 2.41. The van der Waals surface area contributed by atoms with Crippen LogP contribution in [0.3, 0.4) is 0 Å². The Morgan fingerprint density at radius 3 is 2.50 bits per heavy atom. The zero-order chi connectivity index (χ0) is 21.6. The first kappa shape index (κ1) is 22.0. The molecule has 1 saturated heterocycles. The van der Waals surface area contributed by atoms with E-state index in [9.17, 15) is 8.42 Å². The smallest absolute Gasteiger partial charge is 0.227 e. The van der Waals surface area contributed by atoms with Crippen molar-refractivity contribution in [2.24, 2.45) is 17.8 Å². The largest absolute Gasteiger partial charge is 0.335 e. The number of hydrogen-bond acceptors (Lipinski definition) is 6. The van der Waals surface area contributed by atoms with Crippen molar-refractivity contribution >= 4 is 16.0 Å². The second kappa shape index (κ2) is 8.39. The Kier molecular flexibility index (Phi) is 6.16. The molecule has 6 atom stereocenters. The van der Waals surface area contributed by atoms with Crippen LogP contribution >= 0.6 is 0 Å². The Balaban J connectivity index is 1.64. The topological polar surface area (TPSA) is 83.4 Å². The summed E-state index contributed by atoms with van der Waals surface area (Å²) in [7, 11) is -3.32. The Bertz CT molecular complexity index is 856. The van der Waals surface area contributed by atoms with Crippen molar-refractivity contribution < 1.29 is 8.42 Å². The van der Waals surface area contributed by atoms with E-state index in [1.54, 1.807) is 0 Å². The second-order valence-electron chi connectivity index (χ2n) is 9.95. The summed E-state index contributed by atoms with van der Waals surface area (Å²) in [4.78, 5) is 4.89. The molecule has 0 aromatic carbocycles. The standard InChI is InChI=1S/C21H38N6O2S/c1-6-25-11-15(3)26(12-14(25)2)21-23-22-20(16(4)24-30(5,28)29)27(21)13-19-10-17-7-8-18(19)9-17/h14-19,24H,6-13H2,1-5H3. The lowest BCUT2D eigenvalue weighted by Crippen LogP contribution is -2.57. The van der Waals surface area contributed by atoms with Crippen LogP contribution in [0, 0.1) is 17.8 Å². The van der Waals surface area contributed by atoms with Gasteiger partial charge in [-0.25, -0.2) is 13.1 Å². The molecule has 0 spiro atoms. The molecule has 1 aromatic heterocycles. The van der Waals surface area contributed by atoms with Gasteiger partial charge in [-0.2, -0.15) is 0 Å². The Morgan fingerprint density at radius 1 is 1.13 bits per heavy atom. The predicted octanol–water partition coefficient (Wildman–Crippen LogP) is 2.24. The van der Waals surface area contributed by atoms with Gasteiger partial charge in [-0.05, 0) is 64.3 Å². The minimum atomic E-state index is -3.32. The summed E-state index contributed by atoms with van der Waals surface area (Å²) in [5.41, 5.74) is 0. The third-order valence-corrected chi connectivity index (χ3v) is 8.40. The van der Waals surface area contributed by atoms with Crippen molar-refractivity contribution in [1.29, 1.82) is 0 Å². The van der Waals surface area contributed by atoms with Crippen LogP contribution in [0.5, 0.6) is 0 Å². The van der Waals surface area contributed by atoms with Gasteiger partial charge in [0.05, 0.1) is 12.3 Å². The normalized spacial score (nSPS) is 33.4. The number of nitrogens with one attached hydrogen (secondary N) is 1. The molecule has 9 heteroatoms. The van der Waals surface area contributed by atoms with Gasteiger partial charge in [0.2, 0.25) is 16.0 Å². The Hall–Kier alpha value is -1.19. The van der Waals surface area contributed by atoms with Crippen LogP contribution < -0.4 is 9.62 Å². The first-order chi connectivity index (χ1) is 14.2. The molecule has 8 nitrogen and oxygen atoms in total. The van der Waals surface area contributed by atoms with Gasteiger partial charge in [0.15, 0.2) is 5.82 Å². The summed E-state index contributed by atoms with van der Waals surface area (Å²) in [6.45, 7) is 12.5. The number of nitrogens with zero attached hydrogens (tertiary/aromatic N) is 5. The fourth-order valence-corrected chi connectivity index (χ4v) is 6.89. The number of fused-ring (bicyclic) bond motifs is 2. The first-order valence-electron chi connectivity index (χ1n) is 11.6. The number of hydrogen-bond donors (Lipinski definition) is 1. The molecule has 0 amide bonds. The maximum atomic E-state index is 11.9. The van der Waals surface area contributed by atoms with E-state index in [1.165, 1.54) is 31.9 Å². The van der Waals surface area contributed by atoms with Crippen molar-refractivity contribution in [2.45, 2.75) is 78.0 Å². The van der Waals surface area contributed by atoms with Crippen LogP contribution in [0.1, 0.15) is 65.2 Å². The number of sulfonamides is 1. The molecule has 1 aromatic rings. The van der Waals surface area contributed by atoms with Gasteiger partial charge < -0.3 is 4.90 Å². The lowest BCUT2D eigenvalue weighted by Gasteiger charge is -2.44. The third kappa shape index (κ3) is 4.39. The maximum Gasteiger partial charge on any atom is 0.227 e. The molecule has 30 heavy (non-hydrogen) atoms. The van der Waals surface area contributed by atoms with Crippen LogP contribution in [0.25, 0.3) is 0 Å². The van der Waals surface area contributed by atoms with Crippen LogP contribution in [0.15, 0.2) is 0 Å². The molecule has 1 N–H and O–H groups in total.